The Hall–Kier alpha value is -0.800. The fourth-order valence-corrected chi connectivity index (χ4v) is 3.92. The summed E-state index contributed by atoms with van der Waals surface area (Å²) in [4.78, 5) is 2.18. The third kappa shape index (κ3) is 3.70. The zero-order valence-corrected chi connectivity index (χ0v) is 13.2. The molecule has 1 N–H and O–H groups in total. The Kier molecular flexibility index (Phi) is 5.02. The highest BCUT2D eigenvalue weighted by molar-refractivity contribution is 6.30. The van der Waals surface area contributed by atoms with Crippen molar-refractivity contribution in [3.8, 4) is 0 Å². The second-order valence-corrected chi connectivity index (χ2v) is 6.79. The fourth-order valence-electron chi connectivity index (χ4n) is 3.75. The van der Waals surface area contributed by atoms with Crippen LogP contribution in [0.4, 0.5) is 10.1 Å². The van der Waals surface area contributed by atoms with Crippen molar-refractivity contribution in [2.75, 3.05) is 24.5 Å². The minimum atomic E-state index is -0.163. The number of rotatable bonds is 2. The van der Waals surface area contributed by atoms with Crippen molar-refractivity contribution in [3.05, 3.63) is 29.0 Å². The minimum absolute atomic E-state index is 0.163. The summed E-state index contributed by atoms with van der Waals surface area (Å²) in [7, 11) is 0. The van der Waals surface area contributed by atoms with Crippen LogP contribution < -0.4 is 10.2 Å². The molecule has 0 spiro atoms. The number of nitrogens with zero attached hydrogens (tertiary/aromatic N) is 1. The van der Waals surface area contributed by atoms with Gasteiger partial charge in [-0.25, -0.2) is 4.39 Å². The van der Waals surface area contributed by atoms with Gasteiger partial charge in [0.15, 0.2) is 0 Å². The van der Waals surface area contributed by atoms with Gasteiger partial charge in [0.25, 0.3) is 0 Å². The Labute approximate surface area is 131 Å². The summed E-state index contributed by atoms with van der Waals surface area (Å²) >= 11 is 6.05. The van der Waals surface area contributed by atoms with E-state index >= 15 is 0 Å². The lowest BCUT2D eigenvalue weighted by molar-refractivity contribution is 0.277. The molecule has 1 saturated carbocycles. The summed E-state index contributed by atoms with van der Waals surface area (Å²) in [5, 5.41) is 4.30. The van der Waals surface area contributed by atoms with Gasteiger partial charge in [0.2, 0.25) is 0 Å². The molecule has 1 aliphatic carbocycles. The van der Waals surface area contributed by atoms with Crippen LogP contribution in [0.5, 0.6) is 0 Å². The van der Waals surface area contributed by atoms with Crippen molar-refractivity contribution < 1.29 is 4.39 Å². The number of hydrogen-bond donors (Lipinski definition) is 1. The van der Waals surface area contributed by atoms with E-state index in [1.807, 2.05) is 0 Å². The number of halogens is 2. The van der Waals surface area contributed by atoms with Crippen molar-refractivity contribution in [2.24, 2.45) is 5.92 Å². The molecule has 0 bridgehead atoms. The fraction of sp³-hybridized carbons (Fsp3) is 0.647. The number of anilines is 1. The Bertz CT molecular complexity index is 474. The van der Waals surface area contributed by atoms with Crippen molar-refractivity contribution in [2.45, 2.75) is 44.6 Å². The molecule has 1 atom stereocenters. The molecule has 0 radical (unpaired) electrons. The summed E-state index contributed by atoms with van der Waals surface area (Å²) in [5.74, 6) is 0.574. The lowest BCUT2D eigenvalue weighted by Gasteiger charge is -2.33. The Balaban J connectivity index is 1.76. The summed E-state index contributed by atoms with van der Waals surface area (Å²) in [6, 6.07) is 5.34. The molecule has 1 heterocycles. The molecule has 4 heteroatoms. The van der Waals surface area contributed by atoms with Crippen LogP contribution in [0.15, 0.2) is 18.2 Å². The molecule has 21 heavy (non-hydrogen) atoms. The SMILES string of the molecule is Fc1ccc(Cl)cc1N1CCCNC(C2CCCCC2)C1. The van der Waals surface area contributed by atoms with E-state index in [-0.39, 0.29) is 5.82 Å². The van der Waals surface area contributed by atoms with E-state index in [4.69, 9.17) is 11.6 Å². The molecule has 0 aromatic heterocycles. The first-order valence-corrected chi connectivity index (χ1v) is 8.55. The molecular weight excluding hydrogens is 287 g/mol. The van der Waals surface area contributed by atoms with Crippen LogP contribution in [0.1, 0.15) is 38.5 Å². The van der Waals surface area contributed by atoms with Gasteiger partial charge >= 0.3 is 0 Å². The van der Waals surface area contributed by atoms with Crippen LogP contribution in [0, 0.1) is 11.7 Å². The summed E-state index contributed by atoms with van der Waals surface area (Å²) in [6.07, 6.45) is 7.72. The summed E-state index contributed by atoms with van der Waals surface area (Å²) in [5.41, 5.74) is 0.659. The standard InChI is InChI=1S/C17H24ClFN2/c18-14-7-8-15(19)17(11-14)21-10-4-9-20-16(12-21)13-5-2-1-3-6-13/h7-8,11,13,16,20H,1-6,9-10,12H2. The predicted molar refractivity (Wildman–Crippen MR) is 86.6 cm³/mol. The van der Waals surface area contributed by atoms with Crippen LogP contribution in [0.3, 0.4) is 0 Å². The van der Waals surface area contributed by atoms with Crippen molar-refractivity contribution in [3.63, 3.8) is 0 Å². The van der Waals surface area contributed by atoms with Crippen LogP contribution in [0.2, 0.25) is 5.02 Å². The maximum atomic E-state index is 14.1. The number of benzene rings is 1. The van der Waals surface area contributed by atoms with Crippen LogP contribution in [-0.4, -0.2) is 25.7 Å². The van der Waals surface area contributed by atoms with Gasteiger partial charge in [-0.15, -0.1) is 0 Å². The first-order valence-electron chi connectivity index (χ1n) is 8.17. The average molecular weight is 311 g/mol. The van der Waals surface area contributed by atoms with E-state index in [1.54, 1.807) is 12.1 Å². The van der Waals surface area contributed by atoms with E-state index in [9.17, 15) is 4.39 Å². The van der Waals surface area contributed by atoms with Gasteiger partial charge in [-0.2, -0.15) is 0 Å². The van der Waals surface area contributed by atoms with Crippen LogP contribution in [-0.2, 0) is 0 Å². The molecule has 1 aromatic carbocycles. The molecular formula is C17H24ClFN2. The van der Waals surface area contributed by atoms with Crippen molar-refractivity contribution >= 4 is 17.3 Å². The van der Waals surface area contributed by atoms with Gasteiger partial charge in [0.1, 0.15) is 5.82 Å². The van der Waals surface area contributed by atoms with Crippen LogP contribution >= 0.6 is 11.6 Å². The van der Waals surface area contributed by atoms with Crippen LogP contribution in [0.25, 0.3) is 0 Å². The van der Waals surface area contributed by atoms with Gasteiger partial charge in [-0.1, -0.05) is 30.9 Å². The maximum Gasteiger partial charge on any atom is 0.146 e. The Morgan fingerprint density at radius 3 is 2.76 bits per heavy atom. The van der Waals surface area contributed by atoms with Gasteiger partial charge in [0, 0.05) is 24.2 Å². The van der Waals surface area contributed by atoms with E-state index in [1.165, 1.54) is 38.2 Å². The van der Waals surface area contributed by atoms with E-state index in [0.717, 1.165) is 32.0 Å². The zero-order valence-electron chi connectivity index (χ0n) is 12.5. The normalized spacial score (nSPS) is 24.9. The molecule has 116 valence electrons. The summed E-state index contributed by atoms with van der Waals surface area (Å²) in [6.45, 7) is 2.81. The van der Waals surface area contributed by atoms with Crippen molar-refractivity contribution in [1.29, 1.82) is 0 Å². The lowest BCUT2D eigenvalue weighted by atomic mass is 9.83. The first-order chi connectivity index (χ1) is 10.2. The second-order valence-electron chi connectivity index (χ2n) is 6.35. The van der Waals surface area contributed by atoms with E-state index in [2.05, 4.69) is 10.2 Å². The third-order valence-electron chi connectivity index (χ3n) is 4.90. The van der Waals surface area contributed by atoms with Gasteiger partial charge in [0.05, 0.1) is 5.69 Å². The van der Waals surface area contributed by atoms with E-state index < -0.39 is 0 Å². The maximum absolute atomic E-state index is 14.1. The molecule has 1 saturated heterocycles. The smallest absolute Gasteiger partial charge is 0.146 e. The average Bonchev–Trinajstić information content (AvgIpc) is 2.76. The molecule has 2 fully saturated rings. The Morgan fingerprint density at radius 1 is 1.14 bits per heavy atom. The zero-order chi connectivity index (χ0) is 14.7. The predicted octanol–water partition coefficient (Wildman–Crippen LogP) is 4.23. The number of hydrogen-bond acceptors (Lipinski definition) is 2. The highest BCUT2D eigenvalue weighted by Crippen LogP contribution is 2.30. The largest absolute Gasteiger partial charge is 0.368 e. The molecule has 1 aromatic rings. The van der Waals surface area contributed by atoms with Crippen molar-refractivity contribution in [1.82, 2.24) is 5.32 Å². The molecule has 1 unspecified atom stereocenters. The minimum Gasteiger partial charge on any atom is -0.368 e. The third-order valence-corrected chi connectivity index (χ3v) is 5.13. The quantitative estimate of drug-likeness (QED) is 0.879. The second kappa shape index (κ2) is 6.97. The van der Waals surface area contributed by atoms with Gasteiger partial charge < -0.3 is 10.2 Å². The highest BCUT2D eigenvalue weighted by atomic mass is 35.5. The lowest BCUT2D eigenvalue weighted by Crippen LogP contribution is -2.44. The molecule has 2 nitrogen and oxygen atoms in total. The first kappa shape index (κ1) is 15.1. The van der Waals surface area contributed by atoms with E-state index in [0.29, 0.717) is 16.8 Å². The van der Waals surface area contributed by atoms with Gasteiger partial charge in [-0.05, 0) is 49.9 Å². The Morgan fingerprint density at radius 2 is 1.95 bits per heavy atom. The summed E-state index contributed by atoms with van der Waals surface area (Å²) < 4.78 is 14.1. The monoisotopic (exact) mass is 310 g/mol. The number of nitrogens with one attached hydrogen (secondary N) is 1. The molecule has 3 rings (SSSR count). The van der Waals surface area contributed by atoms with Gasteiger partial charge in [-0.3, -0.25) is 0 Å². The molecule has 2 aliphatic rings. The topological polar surface area (TPSA) is 15.3 Å². The molecule has 0 amide bonds. The molecule has 1 aliphatic heterocycles. The highest BCUT2D eigenvalue weighted by Gasteiger charge is 2.27.